The summed E-state index contributed by atoms with van der Waals surface area (Å²) in [6.07, 6.45) is 3.42. The summed E-state index contributed by atoms with van der Waals surface area (Å²) in [5.74, 6) is 0.0781. The maximum absolute atomic E-state index is 11.8. The Hall–Kier alpha value is -2.03. The smallest absolute Gasteiger partial charge is 0.168 e. The maximum Gasteiger partial charge on any atom is 0.168 e. The molecule has 0 radical (unpaired) electrons. The molecule has 0 spiro atoms. The van der Waals surface area contributed by atoms with E-state index in [1.165, 1.54) is 6.33 Å². The number of hydrogen-bond acceptors (Lipinski definition) is 3. The van der Waals surface area contributed by atoms with E-state index in [2.05, 4.69) is 9.97 Å². The SMILES string of the molecule is O=C(Cc1ccncn1)c1ccccc1. The molecule has 0 saturated carbocycles. The summed E-state index contributed by atoms with van der Waals surface area (Å²) < 4.78 is 0. The number of rotatable bonds is 3. The van der Waals surface area contributed by atoms with Crippen molar-refractivity contribution in [2.24, 2.45) is 0 Å². The highest BCUT2D eigenvalue weighted by atomic mass is 16.1. The largest absolute Gasteiger partial charge is 0.294 e. The van der Waals surface area contributed by atoms with Crippen molar-refractivity contribution in [3.8, 4) is 0 Å². The van der Waals surface area contributed by atoms with Crippen LogP contribution in [0.4, 0.5) is 0 Å². The third-order valence-electron chi connectivity index (χ3n) is 2.08. The highest BCUT2D eigenvalue weighted by molar-refractivity contribution is 5.97. The van der Waals surface area contributed by atoms with Gasteiger partial charge in [-0.15, -0.1) is 0 Å². The molecular weight excluding hydrogens is 188 g/mol. The van der Waals surface area contributed by atoms with Crippen LogP contribution in [0.5, 0.6) is 0 Å². The van der Waals surface area contributed by atoms with Gasteiger partial charge in [-0.05, 0) is 6.07 Å². The second kappa shape index (κ2) is 4.46. The third-order valence-corrected chi connectivity index (χ3v) is 2.08. The summed E-state index contributed by atoms with van der Waals surface area (Å²) in [6, 6.07) is 11.0. The van der Waals surface area contributed by atoms with E-state index in [1.807, 2.05) is 30.3 Å². The molecule has 0 bridgehead atoms. The van der Waals surface area contributed by atoms with Crippen LogP contribution >= 0.6 is 0 Å². The predicted octanol–water partition coefficient (Wildman–Crippen LogP) is 1.90. The second-order valence-electron chi connectivity index (χ2n) is 3.17. The Balaban J connectivity index is 2.12. The van der Waals surface area contributed by atoms with Crippen molar-refractivity contribution < 1.29 is 4.79 Å². The van der Waals surface area contributed by atoms with Crippen molar-refractivity contribution in [1.82, 2.24) is 9.97 Å². The lowest BCUT2D eigenvalue weighted by Gasteiger charge is -1.99. The summed E-state index contributed by atoms with van der Waals surface area (Å²) in [6.45, 7) is 0. The molecule has 0 aliphatic carbocycles. The van der Waals surface area contributed by atoms with Crippen LogP contribution in [0.3, 0.4) is 0 Å². The molecule has 0 unspecified atom stereocenters. The maximum atomic E-state index is 11.8. The molecule has 0 N–H and O–H groups in total. The Morgan fingerprint density at radius 3 is 2.60 bits per heavy atom. The fraction of sp³-hybridized carbons (Fsp3) is 0.0833. The minimum absolute atomic E-state index is 0.0781. The Kier molecular flexibility index (Phi) is 2.83. The highest BCUT2D eigenvalue weighted by Crippen LogP contribution is 2.04. The van der Waals surface area contributed by atoms with E-state index in [4.69, 9.17) is 0 Å². The molecule has 0 amide bonds. The van der Waals surface area contributed by atoms with Gasteiger partial charge in [-0.3, -0.25) is 4.79 Å². The first-order chi connectivity index (χ1) is 7.36. The molecule has 0 saturated heterocycles. The van der Waals surface area contributed by atoms with Gasteiger partial charge in [0, 0.05) is 11.8 Å². The normalized spacial score (nSPS) is 9.87. The lowest BCUT2D eigenvalue weighted by atomic mass is 10.1. The molecule has 0 aliphatic rings. The molecule has 15 heavy (non-hydrogen) atoms. The first-order valence-electron chi connectivity index (χ1n) is 4.69. The monoisotopic (exact) mass is 198 g/mol. The standard InChI is InChI=1S/C12H10N2O/c15-12(10-4-2-1-3-5-10)8-11-6-7-13-9-14-11/h1-7,9H,8H2. The van der Waals surface area contributed by atoms with Crippen molar-refractivity contribution in [3.63, 3.8) is 0 Å². The number of carbonyl (C=O) groups excluding carboxylic acids is 1. The molecule has 3 heteroatoms. The van der Waals surface area contributed by atoms with Crippen molar-refractivity contribution >= 4 is 5.78 Å². The van der Waals surface area contributed by atoms with E-state index in [0.29, 0.717) is 6.42 Å². The molecule has 1 aromatic carbocycles. The van der Waals surface area contributed by atoms with Crippen molar-refractivity contribution in [2.45, 2.75) is 6.42 Å². The quantitative estimate of drug-likeness (QED) is 0.707. The summed E-state index contributed by atoms with van der Waals surface area (Å²) in [5.41, 5.74) is 1.47. The molecule has 1 heterocycles. The number of ketones is 1. The summed E-state index contributed by atoms with van der Waals surface area (Å²) >= 11 is 0. The molecule has 74 valence electrons. The van der Waals surface area contributed by atoms with Gasteiger partial charge in [-0.25, -0.2) is 9.97 Å². The molecule has 0 atom stereocenters. The molecule has 1 aromatic heterocycles. The molecular formula is C12H10N2O. The molecule has 2 rings (SSSR count). The summed E-state index contributed by atoms with van der Waals surface area (Å²) in [5, 5.41) is 0. The lowest BCUT2D eigenvalue weighted by molar-refractivity contribution is 0.0992. The highest BCUT2D eigenvalue weighted by Gasteiger charge is 2.06. The van der Waals surface area contributed by atoms with E-state index in [1.54, 1.807) is 12.3 Å². The number of nitrogens with zero attached hydrogens (tertiary/aromatic N) is 2. The minimum Gasteiger partial charge on any atom is -0.294 e. The Labute approximate surface area is 87.8 Å². The fourth-order valence-electron chi connectivity index (χ4n) is 1.31. The molecule has 2 aromatic rings. The van der Waals surface area contributed by atoms with Gasteiger partial charge >= 0.3 is 0 Å². The average Bonchev–Trinajstić information content (AvgIpc) is 2.31. The van der Waals surface area contributed by atoms with Crippen LogP contribution in [0.1, 0.15) is 16.1 Å². The van der Waals surface area contributed by atoms with Gasteiger partial charge in [0.05, 0.1) is 12.1 Å². The molecule has 0 fully saturated rings. The number of Topliss-reactive ketones (excluding diaryl/α,β-unsaturated/α-hetero) is 1. The van der Waals surface area contributed by atoms with E-state index >= 15 is 0 Å². The number of aromatic nitrogens is 2. The van der Waals surface area contributed by atoms with Gasteiger partial charge in [0.25, 0.3) is 0 Å². The van der Waals surface area contributed by atoms with Crippen molar-refractivity contribution in [2.75, 3.05) is 0 Å². The molecule has 0 aliphatic heterocycles. The van der Waals surface area contributed by atoms with Gasteiger partial charge in [-0.1, -0.05) is 30.3 Å². The van der Waals surface area contributed by atoms with Crippen LogP contribution in [0.2, 0.25) is 0 Å². The Bertz CT molecular complexity index is 440. The van der Waals surface area contributed by atoms with Gasteiger partial charge < -0.3 is 0 Å². The van der Waals surface area contributed by atoms with Crippen LogP contribution in [0.25, 0.3) is 0 Å². The van der Waals surface area contributed by atoms with E-state index < -0.39 is 0 Å². The van der Waals surface area contributed by atoms with Gasteiger partial charge in [-0.2, -0.15) is 0 Å². The fourth-order valence-corrected chi connectivity index (χ4v) is 1.31. The zero-order valence-electron chi connectivity index (χ0n) is 8.13. The Morgan fingerprint density at radius 1 is 1.13 bits per heavy atom. The number of hydrogen-bond donors (Lipinski definition) is 0. The van der Waals surface area contributed by atoms with Crippen LogP contribution < -0.4 is 0 Å². The molecule has 3 nitrogen and oxygen atoms in total. The van der Waals surface area contributed by atoms with E-state index in [-0.39, 0.29) is 5.78 Å². The zero-order valence-corrected chi connectivity index (χ0v) is 8.13. The van der Waals surface area contributed by atoms with Crippen LogP contribution in [-0.4, -0.2) is 15.8 Å². The van der Waals surface area contributed by atoms with E-state index in [9.17, 15) is 4.79 Å². The second-order valence-corrected chi connectivity index (χ2v) is 3.17. The van der Waals surface area contributed by atoms with Gasteiger partial charge in [0.2, 0.25) is 0 Å². The van der Waals surface area contributed by atoms with Crippen molar-refractivity contribution in [1.29, 1.82) is 0 Å². The van der Waals surface area contributed by atoms with Crippen LogP contribution in [-0.2, 0) is 6.42 Å². The minimum atomic E-state index is 0.0781. The first-order valence-corrected chi connectivity index (χ1v) is 4.69. The van der Waals surface area contributed by atoms with Gasteiger partial charge in [0.15, 0.2) is 5.78 Å². The van der Waals surface area contributed by atoms with Gasteiger partial charge in [0.1, 0.15) is 6.33 Å². The zero-order chi connectivity index (χ0) is 10.5. The number of carbonyl (C=O) groups is 1. The summed E-state index contributed by atoms with van der Waals surface area (Å²) in [4.78, 5) is 19.6. The van der Waals surface area contributed by atoms with Crippen molar-refractivity contribution in [3.05, 3.63) is 60.2 Å². The number of benzene rings is 1. The topological polar surface area (TPSA) is 42.9 Å². The van der Waals surface area contributed by atoms with Crippen LogP contribution in [0, 0.1) is 0 Å². The predicted molar refractivity (Wildman–Crippen MR) is 56.5 cm³/mol. The average molecular weight is 198 g/mol. The summed E-state index contributed by atoms with van der Waals surface area (Å²) in [7, 11) is 0. The van der Waals surface area contributed by atoms with Crippen LogP contribution in [0.15, 0.2) is 48.9 Å². The Morgan fingerprint density at radius 2 is 1.93 bits per heavy atom. The lowest BCUT2D eigenvalue weighted by Crippen LogP contribution is -2.04. The third kappa shape index (κ3) is 2.47. The van der Waals surface area contributed by atoms with E-state index in [0.717, 1.165) is 11.3 Å². The first kappa shape index (κ1) is 9.52.